The first-order valence-corrected chi connectivity index (χ1v) is 6.27. The monoisotopic (exact) mass is 239 g/mol. The second kappa shape index (κ2) is 6.04. The fourth-order valence-corrected chi connectivity index (χ4v) is 2.69. The molecule has 0 saturated carbocycles. The second-order valence-corrected chi connectivity index (χ2v) is 5.49. The van der Waals surface area contributed by atoms with E-state index in [2.05, 4.69) is 0 Å². The fraction of sp³-hybridized carbons (Fsp3) is 0.875. The van der Waals surface area contributed by atoms with Gasteiger partial charge in [0.15, 0.2) is 0 Å². The maximum Gasteiger partial charge on any atom is 0.321 e. The molecule has 0 heterocycles. The standard InChI is InChI=1S/C8H17NO5S/c1-6(2)5-15(13,14)9-7(3-4-10)8(11)12/h6-7,9-10H,3-5H2,1-2H3,(H,11,12)/t7-/m0/s1. The highest BCUT2D eigenvalue weighted by Gasteiger charge is 2.23. The van der Waals surface area contributed by atoms with Gasteiger partial charge in [-0.15, -0.1) is 0 Å². The van der Waals surface area contributed by atoms with Crippen LogP contribution >= 0.6 is 0 Å². The smallest absolute Gasteiger partial charge is 0.321 e. The van der Waals surface area contributed by atoms with Crippen molar-refractivity contribution in [1.29, 1.82) is 0 Å². The fourth-order valence-electron chi connectivity index (χ4n) is 1.07. The van der Waals surface area contributed by atoms with Gasteiger partial charge in [0.1, 0.15) is 6.04 Å². The molecule has 0 rings (SSSR count). The van der Waals surface area contributed by atoms with Gasteiger partial charge in [0.2, 0.25) is 10.0 Å². The summed E-state index contributed by atoms with van der Waals surface area (Å²) in [6, 6.07) is -1.25. The van der Waals surface area contributed by atoms with Crippen LogP contribution in [-0.2, 0) is 14.8 Å². The first kappa shape index (κ1) is 14.3. The van der Waals surface area contributed by atoms with Gasteiger partial charge < -0.3 is 10.2 Å². The number of carbonyl (C=O) groups is 1. The highest BCUT2D eigenvalue weighted by atomic mass is 32.2. The van der Waals surface area contributed by atoms with Crippen LogP contribution in [0.15, 0.2) is 0 Å². The van der Waals surface area contributed by atoms with Crippen LogP contribution in [0.4, 0.5) is 0 Å². The zero-order valence-corrected chi connectivity index (χ0v) is 9.62. The Labute approximate surface area is 89.4 Å². The average molecular weight is 239 g/mol. The highest BCUT2D eigenvalue weighted by molar-refractivity contribution is 7.89. The number of nitrogens with one attached hydrogen (secondary N) is 1. The van der Waals surface area contributed by atoms with Crippen LogP contribution in [0.25, 0.3) is 0 Å². The number of carboxylic acids is 1. The average Bonchev–Trinajstić information content (AvgIpc) is 2.00. The Morgan fingerprint density at radius 3 is 2.27 bits per heavy atom. The Morgan fingerprint density at radius 2 is 1.93 bits per heavy atom. The topological polar surface area (TPSA) is 104 Å². The molecule has 0 aromatic carbocycles. The first-order chi connectivity index (χ1) is 6.78. The van der Waals surface area contributed by atoms with E-state index in [1.54, 1.807) is 13.8 Å². The van der Waals surface area contributed by atoms with Crippen LogP contribution in [0.5, 0.6) is 0 Å². The molecular weight excluding hydrogens is 222 g/mol. The van der Waals surface area contributed by atoms with E-state index in [9.17, 15) is 13.2 Å². The van der Waals surface area contributed by atoms with Crippen molar-refractivity contribution in [2.45, 2.75) is 26.3 Å². The van der Waals surface area contributed by atoms with Crippen LogP contribution in [0.1, 0.15) is 20.3 Å². The summed E-state index contributed by atoms with van der Waals surface area (Å²) in [4.78, 5) is 10.6. The predicted octanol–water partition coefficient (Wildman–Crippen LogP) is -0.603. The highest BCUT2D eigenvalue weighted by Crippen LogP contribution is 2.01. The van der Waals surface area contributed by atoms with Crippen molar-refractivity contribution in [3.8, 4) is 0 Å². The zero-order valence-electron chi connectivity index (χ0n) is 8.80. The van der Waals surface area contributed by atoms with Gasteiger partial charge >= 0.3 is 5.97 Å². The van der Waals surface area contributed by atoms with E-state index in [0.29, 0.717) is 0 Å². The Morgan fingerprint density at radius 1 is 1.40 bits per heavy atom. The molecule has 0 unspecified atom stereocenters. The summed E-state index contributed by atoms with van der Waals surface area (Å²) in [5.74, 6) is -1.48. The lowest BCUT2D eigenvalue weighted by molar-refractivity contribution is -0.139. The normalized spacial score (nSPS) is 14.1. The van der Waals surface area contributed by atoms with E-state index in [0.717, 1.165) is 0 Å². The minimum atomic E-state index is -3.59. The van der Waals surface area contributed by atoms with Crippen LogP contribution < -0.4 is 4.72 Å². The lowest BCUT2D eigenvalue weighted by Gasteiger charge is -2.14. The van der Waals surface area contributed by atoms with Crippen molar-refractivity contribution in [2.75, 3.05) is 12.4 Å². The maximum atomic E-state index is 11.4. The lowest BCUT2D eigenvalue weighted by atomic mass is 10.2. The minimum Gasteiger partial charge on any atom is -0.480 e. The summed E-state index contributed by atoms with van der Waals surface area (Å²) >= 11 is 0. The Hall–Kier alpha value is -0.660. The summed E-state index contributed by atoms with van der Waals surface area (Å²) in [6.45, 7) is 3.07. The quantitative estimate of drug-likeness (QED) is 0.550. The van der Waals surface area contributed by atoms with Crippen LogP contribution in [0.3, 0.4) is 0 Å². The summed E-state index contributed by atoms with van der Waals surface area (Å²) in [7, 11) is -3.59. The third-order valence-electron chi connectivity index (χ3n) is 1.59. The summed E-state index contributed by atoms with van der Waals surface area (Å²) < 4.78 is 24.8. The Balaban J connectivity index is 4.45. The molecule has 0 aromatic rings. The van der Waals surface area contributed by atoms with Crippen molar-refractivity contribution in [1.82, 2.24) is 4.72 Å². The molecule has 0 aliphatic heterocycles. The van der Waals surface area contributed by atoms with Crippen molar-refractivity contribution in [3.05, 3.63) is 0 Å². The number of hydrogen-bond acceptors (Lipinski definition) is 4. The van der Waals surface area contributed by atoms with Gasteiger partial charge in [-0.1, -0.05) is 13.8 Å². The van der Waals surface area contributed by atoms with Gasteiger partial charge in [0, 0.05) is 6.61 Å². The van der Waals surface area contributed by atoms with Gasteiger partial charge in [-0.05, 0) is 12.3 Å². The predicted molar refractivity (Wildman–Crippen MR) is 54.9 cm³/mol. The van der Waals surface area contributed by atoms with Crippen LogP contribution in [0, 0.1) is 5.92 Å². The SMILES string of the molecule is CC(C)CS(=O)(=O)N[C@@H](CCO)C(=O)O. The largest absolute Gasteiger partial charge is 0.480 e. The Kier molecular flexibility index (Phi) is 5.77. The Bertz CT molecular complexity index is 298. The van der Waals surface area contributed by atoms with E-state index in [1.807, 2.05) is 4.72 Å². The molecule has 15 heavy (non-hydrogen) atoms. The molecule has 0 saturated heterocycles. The van der Waals surface area contributed by atoms with E-state index in [1.165, 1.54) is 0 Å². The van der Waals surface area contributed by atoms with E-state index >= 15 is 0 Å². The molecule has 7 heteroatoms. The van der Waals surface area contributed by atoms with Gasteiger partial charge in [-0.2, -0.15) is 0 Å². The number of aliphatic hydroxyl groups is 1. The summed E-state index contributed by atoms with van der Waals surface area (Å²) in [5.41, 5.74) is 0. The van der Waals surface area contributed by atoms with Crippen molar-refractivity contribution >= 4 is 16.0 Å². The molecule has 0 aliphatic rings. The van der Waals surface area contributed by atoms with Crippen LogP contribution in [-0.4, -0.2) is 43.0 Å². The number of sulfonamides is 1. The van der Waals surface area contributed by atoms with Gasteiger partial charge in [-0.3, -0.25) is 4.79 Å². The molecule has 0 aromatic heterocycles. The number of carboxylic acid groups (broad SMARTS) is 1. The van der Waals surface area contributed by atoms with Gasteiger partial charge in [-0.25, -0.2) is 13.1 Å². The van der Waals surface area contributed by atoms with Crippen LogP contribution in [0.2, 0.25) is 0 Å². The molecule has 6 nitrogen and oxygen atoms in total. The summed E-state index contributed by atoms with van der Waals surface area (Å²) in [6.07, 6.45) is -0.132. The van der Waals surface area contributed by atoms with Gasteiger partial charge in [0.25, 0.3) is 0 Å². The number of aliphatic carboxylic acids is 1. The molecule has 0 spiro atoms. The van der Waals surface area contributed by atoms with E-state index < -0.39 is 22.0 Å². The molecule has 0 radical (unpaired) electrons. The number of hydrogen-bond donors (Lipinski definition) is 3. The minimum absolute atomic E-state index is 0.0777. The molecule has 0 fully saturated rings. The second-order valence-electron chi connectivity index (χ2n) is 3.70. The molecule has 0 amide bonds. The van der Waals surface area contributed by atoms with E-state index in [-0.39, 0.29) is 24.7 Å². The molecular formula is C8H17NO5S. The molecule has 0 aliphatic carbocycles. The molecule has 1 atom stereocenters. The molecule has 90 valence electrons. The zero-order chi connectivity index (χ0) is 12.1. The maximum absolute atomic E-state index is 11.4. The van der Waals surface area contributed by atoms with Crippen molar-refractivity contribution in [2.24, 2.45) is 5.92 Å². The molecule has 0 bridgehead atoms. The first-order valence-electron chi connectivity index (χ1n) is 4.62. The van der Waals surface area contributed by atoms with Gasteiger partial charge in [0.05, 0.1) is 5.75 Å². The lowest BCUT2D eigenvalue weighted by Crippen LogP contribution is -2.43. The third-order valence-corrected chi connectivity index (χ3v) is 3.34. The molecule has 3 N–H and O–H groups in total. The summed E-state index contributed by atoms with van der Waals surface area (Å²) in [5, 5.41) is 17.2. The van der Waals surface area contributed by atoms with Crippen molar-refractivity contribution in [3.63, 3.8) is 0 Å². The van der Waals surface area contributed by atoms with E-state index in [4.69, 9.17) is 10.2 Å². The number of rotatable bonds is 7. The van der Waals surface area contributed by atoms with Crippen molar-refractivity contribution < 1.29 is 23.4 Å². The number of aliphatic hydroxyl groups excluding tert-OH is 1. The third kappa shape index (κ3) is 6.43.